The van der Waals surface area contributed by atoms with Gasteiger partial charge in [-0.05, 0) is 31.9 Å². The first-order valence-electron chi connectivity index (χ1n) is 10.3. The zero-order chi connectivity index (χ0) is 20.0. The fourth-order valence-electron chi connectivity index (χ4n) is 4.08. The summed E-state index contributed by atoms with van der Waals surface area (Å²) in [6.45, 7) is 6.42. The first-order valence-corrected chi connectivity index (χ1v) is 11.1. The summed E-state index contributed by atoms with van der Waals surface area (Å²) < 4.78 is 7.65. The lowest BCUT2D eigenvalue weighted by atomic mass is 10.1. The van der Waals surface area contributed by atoms with Crippen molar-refractivity contribution in [2.24, 2.45) is 5.92 Å². The monoisotopic (exact) mass is 410 g/mol. The molecule has 2 fully saturated rings. The van der Waals surface area contributed by atoms with Crippen LogP contribution in [0.25, 0.3) is 16.2 Å². The number of hydrogen-bond donors (Lipinski definition) is 0. The van der Waals surface area contributed by atoms with E-state index in [0.717, 1.165) is 67.5 Å². The molecule has 6 nitrogen and oxygen atoms in total. The van der Waals surface area contributed by atoms with Gasteiger partial charge in [0.1, 0.15) is 5.75 Å². The third kappa shape index (κ3) is 3.65. The zero-order valence-electron chi connectivity index (χ0n) is 16.9. The molecule has 152 valence electrons. The van der Waals surface area contributed by atoms with Gasteiger partial charge in [-0.2, -0.15) is 0 Å². The average molecular weight is 411 g/mol. The number of fused-ring (bicyclic) bond motifs is 1. The molecule has 0 radical (unpaired) electrons. The summed E-state index contributed by atoms with van der Waals surface area (Å²) in [6, 6.07) is 8.12. The van der Waals surface area contributed by atoms with Crippen molar-refractivity contribution in [2.45, 2.75) is 26.3 Å². The molecular formula is C22H26N4O2S. The summed E-state index contributed by atoms with van der Waals surface area (Å²) in [4.78, 5) is 24.1. The molecule has 0 atom stereocenters. The SMILES string of the molecule is COc1cccc(-c2nc3sc(C)cn3c2CN2CCN(C(=O)C3CC3)CC2)c1. The van der Waals surface area contributed by atoms with Crippen molar-refractivity contribution in [1.29, 1.82) is 0 Å². The number of aryl methyl sites for hydroxylation is 1. The second kappa shape index (κ2) is 7.46. The Morgan fingerprint density at radius 1 is 1.24 bits per heavy atom. The fourth-order valence-corrected chi connectivity index (χ4v) is 4.92. The van der Waals surface area contributed by atoms with E-state index in [9.17, 15) is 4.79 Å². The van der Waals surface area contributed by atoms with Crippen LogP contribution in [0.1, 0.15) is 23.4 Å². The number of hydrogen-bond acceptors (Lipinski definition) is 5. The molecule has 0 unspecified atom stereocenters. The molecule has 2 aromatic heterocycles. The maximum atomic E-state index is 12.3. The van der Waals surface area contributed by atoms with Gasteiger partial charge >= 0.3 is 0 Å². The van der Waals surface area contributed by atoms with E-state index >= 15 is 0 Å². The number of ether oxygens (including phenoxy) is 1. The molecule has 1 saturated carbocycles. The van der Waals surface area contributed by atoms with Gasteiger partial charge in [0.15, 0.2) is 4.96 Å². The smallest absolute Gasteiger partial charge is 0.225 e. The number of piperazine rings is 1. The number of benzene rings is 1. The molecule has 3 aromatic rings. The molecule has 3 heterocycles. The normalized spacial score (nSPS) is 17.8. The van der Waals surface area contributed by atoms with Crippen LogP contribution in [-0.2, 0) is 11.3 Å². The van der Waals surface area contributed by atoms with E-state index < -0.39 is 0 Å². The van der Waals surface area contributed by atoms with Gasteiger partial charge < -0.3 is 9.64 Å². The van der Waals surface area contributed by atoms with Gasteiger partial charge in [-0.1, -0.05) is 12.1 Å². The standard InChI is InChI=1S/C22H26N4O2S/c1-15-13-26-19(14-24-8-10-25(11-9-24)21(27)16-6-7-16)20(23-22(26)29-15)17-4-3-5-18(12-17)28-2/h3-5,12-13,16H,6-11,14H2,1-2H3. The zero-order valence-corrected chi connectivity index (χ0v) is 17.7. The van der Waals surface area contributed by atoms with Crippen molar-refractivity contribution in [1.82, 2.24) is 19.2 Å². The van der Waals surface area contributed by atoms with Gasteiger partial charge in [-0.25, -0.2) is 4.98 Å². The van der Waals surface area contributed by atoms with E-state index in [4.69, 9.17) is 9.72 Å². The van der Waals surface area contributed by atoms with Crippen LogP contribution >= 0.6 is 11.3 Å². The number of aromatic nitrogens is 2. The van der Waals surface area contributed by atoms with E-state index in [1.165, 1.54) is 10.6 Å². The fraction of sp³-hybridized carbons (Fsp3) is 0.455. The lowest BCUT2D eigenvalue weighted by Gasteiger charge is -2.34. The third-order valence-corrected chi connectivity index (χ3v) is 6.77. The molecule has 1 aliphatic carbocycles. The van der Waals surface area contributed by atoms with Crippen LogP contribution in [0, 0.1) is 12.8 Å². The van der Waals surface area contributed by atoms with E-state index in [-0.39, 0.29) is 0 Å². The summed E-state index contributed by atoms with van der Waals surface area (Å²) >= 11 is 1.72. The van der Waals surface area contributed by atoms with Crippen LogP contribution in [0.3, 0.4) is 0 Å². The van der Waals surface area contributed by atoms with Gasteiger partial charge in [0.05, 0.1) is 18.5 Å². The Kier molecular flexibility index (Phi) is 4.80. The minimum atomic E-state index is 0.310. The molecule has 5 rings (SSSR count). The van der Waals surface area contributed by atoms with Crippen molar-refractivity contribution in [3.05, 3.63) is 41.0 Å². The number of carbonyl (C=O) groups excluding carboxylic acids is 1. The van der Waals surface area contributed by atoms with Crippen LogP contribution < -0.4 is 4.74 Å². The largest absolute Gasteiger partial charge is 0.497 e. The molecule has 0 bridgehead atoms. The van der Waals surface area contributed by atoms with E-state index in [1.54, 1.807) is 18.4 Å². The van der Waals surface area contributed by atoms with Crippen LogP contribution in [0.2, 0.25) is 0 Å². The summed E-state index contributed by atoms with van der Waals surface area (Å²) in [5, 5.41) is 0. The van der Waals surface area contributed by atoms with Crippen LogP contribution in [0.4, 0.5) is 0 Å². The van der Waals surface area contributed by atoms with E-state index in [2.05, 4.69) is 39.5 Å². The Labute approximate surface area is 174 Å². The Morgan fingerprint density at radius 2 is 2.03 bits per heavy atom. The first-order chi connectivity index (χ1) is 14.1. The molecule has 0 N–H and O–H groups in total. The van der Waals surface area contributed by atoms with Gasteiger partial charge in [-0.15, -0.1) is 11.3 Å². The molecular weight excluding hydrogens is 384 g/mol. The predicted molar refractivity (Wildman–Crippen MR) is 114 cm³/mol. The first kappa shape index (κ1) is 18.6. The summed E-state index contributed by atoms with van der Waals surface area (Å²) in [7, 11) is 1.69. The number of methoxy groups -OCH3 is 1. The molecule has 0 spiro atoms. The highest BCUT2D eigenvalue weighted by molar-refractivity contribution is 7.17. The lowest BCUT2D eigenvalue weighted by Crippen LogP contribution is -2.48. The summed E-state index contributed by atoms with van der Waals surface area (Å²) in [5.74, 6) is 1.51. The number of imidazole rings is 1. The lowest BCUT2D eigenvalue weighted by molar-refractivity contribution is -0.134. The number of rotatable bonds is 5. The number of thiazole rings is 1. The number of amides is 1. The van der Waals surface area contributed by atoms with Gasteiger partial charge in [-0.3, -0.25) is 14.1 Å². The topological polar surface area (TPSA) is 50.1 Å². The second-order valence-electron chi connectivity index (χ2n) is 8.01. The maximum Gasteiger partial charge on any atom is 0.225 e. The highest BCUT2D eigenvalue weighted by Gasteiger charge is 2.34. The van der Waals surface area contributed by atoms with E-state index in [0.29, 0.717) is 11.8 Å². The number of nitrogens with zero attached hydrogens (tertiary/aromatic N) is 4. The molecule has 1 aliphatic heterocycles. The van der Waals surface area contributed by atoms with E-state index in [1.807, 2.05) is 12.1 Å². The molecule has 29 heavy (non-hydrogen) atoms. The summed E-state index contributed by atoms with van der Waals surface area (Å²) in [6.07, 6.45) is 4.33. The van der Waals surface area contributed by atoms with Crippen molar-refractivity contribution in [2.75, 3.05) is 33.3 Å². The van der Waals surface area contributed by atoms with Crippen LogP contribution in [0.5, 0.6) is 5.75 Å². The Hall–Kier alpha value is -2.38. The van der Waals surface area contributed by atoms with Gasteiger partial charge in [0.25, 0.3) is 0 Å². The number of carbonyl (C=O) groups is 1. The Balaban J connectivity index is 1.40. The Bertz CT molecular complexity index is 1040. The van der Waals surface area contributed by atoms with Crippen LogP contribution in [-0.4, -0.2) is 58.4 Å². The third-order valence-electron chi connectivity index (χ3n) is 5.87. The highest BCUT2D eigenvalue weighted by atomic mass is 32.1. The molecule has 1 amide bonds. The van der Waals surface area contributed by atoms with Crippen molar-refractivity contribution >= 4 is 22.2 Å². The molecule has 1 aromatic carbocycles. The molecule has 7 heteroatoms. The predicted octanol–water partition coefficient (Wildman–Crippen LogP) is 3.43. The van der Waals surface area contributed by atoms with Gasteiger partial charge in [0.2, 0.25) is 5.91 Å². The van der Waals surface area contributed by atoms with Gasteiger partial charge in [0, 0.05) is 55.3 Å². The quantitative estimate of drug-likeness (QED) is 0.647. The highest BCUT2D eigenvalue weighted by Crippen LogP contribution is 2.33. The summed E-state index contributed by atoms with van der Waals surface area (Å²) in [5.41, 5.74) is 3.31. The second-order valence-corrected chi connectivity index (χ2v) is 9.22. The van der Waals surface area contributed by atoms with Crippen molar-refractivity contribution in [3.8, 4) is 17.0 Å². The average Bonchev–Trinajstić information content (AvgIpc) is 3.46. The molecule has 1 saturated heterocycles. The maximum absolute atomic E-state index is 12.3. The Morgan fingerprint density at radius 3 is 2.76 bits per heavy atom. The minimum Gasteiger partial charge on any atom is -0.497 e. The van der Waals surface area contributed by atoms with Crippen LogP contribution in [0.15, 0.2) is 30.5 Å². The molecule has 2 aliphatic rings. The van der Waals surface area contributed by atoms with Crippen molar-refractivity contribution in [3.63, 3.8) is 0 Å². The minimum absolute atomic E-state index is 0.310. The van der Waals surface area contributed by atoms with Crippen molar-refractivity contribution < 1.29 is 9.53 Å².